The highest BCUT2D eigenvalue weighted by Gasteiger charge is 2.39. The molecule has 1 fully saturated rings. The van der Waals surface area contributed by atoms with E-state index in [1.807, 2.05) is 24.0 Å². The molecule has 1 aromatic carbocycles. The van der Waals surface area contributed by atoms with Crippen molar-refractivity contribution in [3.8, 4) is 0 Å². The van der Waals surface area contributed by atoms with Crippen LogP contribution in [0.25, 0.3) is 10.9 Å². The number of hydrogen-bond acceptors (Lipinski definition) is 1. The molecule has 3 N–H and O–H groups in total. The number of H-pyrrole nitrogens is 1. The first-order valence-corrected chi connectivity index (χ1v) is 7.05. The average Bonchev–Trinajstić information content (AvgIpc) is 2.46. The van der Waals surface area contributed by atoms with Crippen molar-refractivity contribution in [2.75, 3.05) is 31.1 Å². The number of fused-ring (bicyclic) bond motifs is 1. The van der Waals surface area contributed by atoms with E-state index in [4.69, 9.17) is 0 Å². The number of aryl methyl sites for hydroxylation is 1. The molecule has 0 aliphatic carbocycles. The van der Waals surface area contributed by atoms with E-state index in [9.17, 15) is 13.2 Å². The zero-order valence-electron chi connectivity index (χ0n) is 11.8. The summed E-state index contributed by atoms with van der Waals surface area (Å²) in [6, 6.07) is 6.74. The predicted molar refractivity (Wildman–Crippen MR) is 74.1 cm³/mol. The number of quaternary nitrogens is 1. The third-order valence-corrected chi connectivity index (χ3v) is 3.85. The largest absolute Gasteiger partial charge is 0.477 e. The molecule has 0 bridgehead atoms. The fourth-order valence-electron chi connectivity index (χ4n) is 2.78. The number of piperazine rings is 1. The van der Waals surface area contributed by atoms with Gasteiger partial charge in [-0.1, -0.05) is 6.07 Å². The van der Waals surface area contributed by atoms with Crippen molar-refractivity contribution in [1.82, 2.24) is 0 Å². The second-order valence-corrected chi connectivity index (χ2v) is 5.47. The van der Waals surface area contributed by atoms with Gasteiger partial charge in [-0.2, -0.15) is 13.2 Å². The van der Waals surface area contributed by atoms with Gasteiger partial charge in [0.2, 0.25) is 5.52 Å². The maximum Gasteiger partial charge on any atom is 0.477 e. The highest BCUT2D eigenvalue weighted by molar-refractivity contribution is 5.90. The van der Waals surface area contributed by atoms with Crippen molar-refractivity contribution < 1.29 is 23.5 Å². The Hall–Kier alpha value is -1.82. The predicted octanol–water partition coefficient (Wildman–Crippen LogP) is 1.36. The quantitative estimate of drug-likeness (QED) is 0.847. The third kappa shape index (κ3) is 2.81. The summed E-state index contributed by atoms with van der Waals surface area (Å²) in [5.41, 5.74) is 1.55. The monoisotopic (exact) mass is 297 g/mol. The Balaban J connectivity index is 2.20. The standard InChI is InChI=1S/C15H16F3N3/c1-10-2-3-12-11(8-10)13(21-6-4-19-5-7-21)9-14(20-12)15(16,17)18/h2-3,8-9,19H,4-7H2,1H3/p+2. The summed E-state index contributed by atoms with van der Waals surface area (Å²) >= 11 is 0. The highest BCUT2D eigenvalue weighted by Crippen LogP contribution is 2.32. The Morgan fingerprint density at radius 2 is 1.86 bits per heavy atom. The lowest BCUT2D eigenvalue weighted by Crippen LogP contribution is -2.89. The van der Waals surface area contributed by atoms with Crippen LogP contribution in [0.15, 0.2) is 24.3 Å². The van der Waals surface area contributed by atoms with E-state index in [1.54, 1.807) is 6.07 Å². The number of aromatic amines is 1. The van der Waals surface area contributed by atoms with Crippen molar-refractivity contribution in [3.05, 3.63) is 35.5 Å². The zero-order valence-corrected chi connectivity index (χ0v) is 11.8. The summed E-state index contributed by atoms with van der Waals surface area (Å²) in [6.07, 6.45) is -4.37. The van der Waals surface area contributed by atoms with Crippen LogP contribution >= 0.6 is 0 Å². The van der Waals surface area contributed by atoms with Gasteiger partial charge in [-0.25, -0.2) is 4.98 Å². The highest BCUT2D eigenvalue weighted by atomic mass is 19.4. The molecule has 2 heterocycles. The van der Waals surface area contributed by atoms with E-state index >= 15 is 0 Å². The van der Waals surface area contributed by atoms with Crippen LogP contribution in [-0.4, -0.2) is 26.2 Å². The normalized spacial score (nSPS) is 16.5. The summed E-state index contributed by atoms with van der Waals surface area (Å²) in [5.74, 6) is 0. The first-order valence-electron chi connectivity index (χ1n) is 7.05. The topological polar surface area (TPSA) is 34.0 Å². The first kappa shape index (κ1) is 14.1. The Kier molecular flexibility index (Phi) is 3.49. The Morgan fingerprint density at radius 1 is 1.14 bits per heavy atom. The molecule has 0 unspecified atom stereocenters. The van der Waals surface area contributed by atoms with Crippen molar-refractivity contribution in [1.29, 1.82) is 0 Å². The minimum absolute atomic E-state index is 0.528. The van der Waals surface area contributed by atoms with Crippen LogP contribution < -0.4 is 15.2 Å². The van der Waals surface area contributed by atoms with Crippen molar-refractivity contribution in [2.45, 2.75) is 13.1 Å². The molecule has 0 radical (unpaired) electrons. The number of benzene rings is 1. The van der Waals surface area contributed by atoms with E-state index in [-0.39, 0.29) is 0 Å². The Morgan fingerprint density at radius 3 is 2.52 bits per heavy atom. The summed E-state index contributed by atoms with van der Waals surface area (Å²) in [4.78, 5) is 4.56. The smallest absolute Gasteiger partial charge is 0.359 e. The lowest BCUT2D eigenvalue weighted by molar-refractivity contribution is -0.655. The fraction of sp³-hybridized carbons (Fsp3) is 0.400. The molecule has 6 heteroatoms. The van der Waals surface area contributed by atoms with Gasteiger partial charge in [0.1, 0.15) is 0 Å². The number of rotatable bonds is 1. The molecule has 21 heavy (non-hydrogen) atoms. The number of pyridine rings is 1. The number of alkyl halides is 3. The number of nitrogens with one attached hydrogen (secondary N) is 1. The first-order chi connectivity index (χ1) is 9.95. The molecule has 0 saturated carbocycles. The molecule has 0 spiro atoms. The number of halogens is 3. The lowest BCUT2D eigenvalue weighted by atomic mass is 10.1. The molecule has 0 atom stereocenters. The summed E-state index contributed by atoms with van der Waals surface area (Å²) in [5, 5.41) is 3.04. The molecule has 2 aromatic rings. The molecular weight excluding hydrogens is 279 g/mol. The zero-order chi connectivity index (χ0) is 15.0. The van der Waals surface area contributed by atoms with Crippen LogP contribution in [-0.2, 0) is 6.18 Å². The van der Waals surface area contributed by atoms with Crippen molar-refractivity contribution >= 4 is 16.6 Å². The van der Waals surface area contributed by atoms with E-state index < -0.39 is 11.9 Å². The van der Waals surface area contributed by atoms with Crippen molar-refractivity contribution in [2.24, 2.45) is 0 Å². The molecule has 1 aromatic heterocycles. The molecule has 1 aliphatic heterocycles. The molecule has 1 aliphatic rings. The van der Waals surface area contributed by atoms with Gasteiger partial charge < -0.3 is 10.2 Å². The van der Waals surface area contributed by atoms with Crippen molar-refractivity contribution in [3.63, 3.8) is 0 Å². The minimum atomic E-state index is -4.37. The summed E-state index contributed by atoms with van der Waals surface area (Å²) in [7, 11) is 0. The van der Waals surface area contributed by atoms with Gasteiger partial charge >= 0.3 is 6.18 Å². The lowest BCUT2D eigenvalue weighted by Gasteiger charge is -2.28. The van der Waals surface area contributed by atoms with Gasteiger partial charge in [-0.15, -0.1) is 0 Å². The summed E-state index contributed by atoms with van der Waals surface area (Å²) < 4.78 is 39.3. The number of hydrogen-bond donors (Lipinski definition) is 1. The third-order valence-electron chi connectivity index (χ3n) is 3.85. The molecular formula is C15H18F3N3+2. The van der Waals surface area contributed by atoms with Gasteiger partial charge in [0.25, 0.3) is 5.69 Å². The molecule has 0 amide bonds. The maximum absolute atomic E-state index is 13.1. The van der Waals surface area contributed by atoms with Crippen LogP contribution in [0.1, 0.15) is 11.3 Å². The Bertz CT molecular complexity index is 661. The van der Waals surface area contributed by atoms with Crippen LogP contribution in [0, 0.1) is 6.92 Å². The van der Waals surface area contributed by atoms with Gasteiger partial charge in [0, 0.05) is 12.1 Å². The SMILES string of the molecule is Cc1ccc2[nH+]c(C(F)(F)F)cc(N3CC[NH2+]CC3)c2c1. The molecule has 1 saturated heterocycles. The number of anilines is 1. The fourth-order valence-corrected chi connectivity index (χ4v) is 2.78. The minimum Gasteiger partial charge on any atom is -0.359 e. The second kappa shape index (κ2) is 5.18. The van der Waals surface area contributed by atoms with Gasteiger partial charge in [-0.3, -0.25) is 0 Å². The van der Waals surface area contributed by atoms with Crippen LogP contribution in [0.4, 0.5) is 18.9 Å². The van der Waals surface area contributed by atoms with Gasteiger partial charge in [-0.05, 0) is 18.6 Å². The molecule has 3 nitrogen and oxygen atoms in total. The molecule has 3 rings (SSSR count). The van der Waals surface area contributed by atoms with Crippen LogP contribution in [0.3, 0.4) is 0 Å². The average molecular weight is 297 g/mol. The second-order valence-electron chi connectivity index (χ2n) is 5.47. The Labute approximate surface area is 120 Å². The van der Waals surface area contributed by atoms with E-state index in [1.165, 1.54) is 6.07 Å². The van der Waals surface area contributed by atoms with E-state index in [0.29, 0.717) is 11.2 Å². The number of nitrogens with zero attached hydrogens (tertiary/aromatic N) is 1. The maximum atomic E-state index is 13.1. The van der Waals surface area contributed by atoms with Gasteiger partial charge in [0.15, 0.2) is 0 Å². The van der Waals surface area contributed by atoms with Gasteiger partial charge in [0.05, 0.1) is 37.3 Å². The van der Waals surface area contributed by atoms with Crippen LogP contribution in [0.5, 0.6) is 0 Å². The summed E-state index contributed by atoms with van der Waals surface area (Å²) in [6.45, 7) is 5.31. The molecule has 112 valence electrons. The van der Waals surface area contributed by atoms with Crippen LogP contribution in [0.2, 0.25) is 0 Å². The number of nitrogens with two attached hydrogens (primary N) is 1. The van der Waals surface area contributed by atoms with E-state index in [2.05, 4.69) is 10.3 Å². The number of aromatic nitrogens is 1. The van der Waals surface area contributed by atoms with E-state index in [0.717, 1.165) is 37.1 Å².